The van der Waals surface area contributed by atoms with E-state index in [0.29, 0.717) is 5.56 Å². The number of rotatable bonds is 5. The number of amides is 1. The number of aliphatic hydroxyl groups is 4. The highest BCUT2D eigenvalue weighted by molar-refractivity contribution is 7.45. The van der Waals surface area contributed by atoms with Crippen molar-refractivity contribution in [3.8, 4) is 0 Å². The van der Waals surface area contributed by atoms with Crippen molar-refractivity contribution in [1.82, 2.24) is 4.98 Å². The molecule has 1 aromatic rings. The van der Waals surface area contributed by atoms with E-state index in [1.165, 1.54) is 6.20 Å². The van der Waals surface area contributed by atoms with Crippen molar-refractivity contribution in [2.24, 2.45) is 5.73 Å². The quantitative estimate of drug-likeness (QED) is 0.187. The lowest BCUT2D eigenvalue weighted by Gasteiger charge is -2.16. The summed E-state index contributed by atoms with van der Waals surface area (Å²) < 4.78 is 8.88. The van der Waals surface area contributed by atoms with Crippen LogP contribution in [0.15, 0.2) is 24.5 Å². The summed E-state index contributed by atoms with van der Waals surface area (Å²) in [7, 11) is -4.64. The summed E-state index contributed by atoms with van der Waals surface area (Å²) in [5.74, 6) is -0.442. The molecular formula is C11H19N2O10P. The highest BCUT2D eigenvalue weighted by Crippen LogP contribution is 2.25. The fourth-order valence-electron chi connectivity index (χ4n) is 0.925. The van der Waals surface area contributed by atoms with Crippen molar-refractivity contribution in [1.29, 1.82) is 0 Å². The maximum absolute atomic E-state index is 10.4. The van der Waals surface area contributed by atoms with E-state index < -0.39 is 38.6 Å². The van der Waals surface area contributed by atoms with Crippen LogP contribution in [0.3, 0.4) is 0 Å². The summed E-state index contributed by atoms with van der Waals surface area (Å²) in [6.45, 7) is -0.688. The number of pyridine rings is 1. The number of nitrogens with zero attached hydrogens (tertiary/aromatic N) is 1. The van der Waals surface area contributed by atoms with Crippen LogP contribution in [-0.2, 0) is 9.36 Å². The zero-order valence-electron chi connectivity index (χ0n) is 12.2. The summed E-state index contributed by atoms with van der Waals surface area (Å²) in [4.78, 5) is 45.4. The van der Waals surface area contributed by atoms with Gasteiger partial charge < -0.3 is 45.6 Å². The Bertz CT molecular complexity index is 515. The van der Waals surface area contributed by atoms with E-state index in [1.54, 1.807) is 18.3 Å². The van der Waals surface area contributed by atoms with Crippen LogP contribution in [0, 0.1) is 0 Å². The number of phosphoric acid groups is 1. The number of carbonyl (C=O) groups is 2. The zero-order valence-corrected chi connectivity index (χ0v) is 13.0. The highest BCUT2D eigenvalue weighted by atomic mass is 31.2. The molecular weight excluding hydrogens is 351 g/mol. The molecule has 0 bridgehead atoms. The predicted molar refractivity (Wildman–Crippen MR) is 78.2 cm³/mol. The van der Waals surface area contributed by atoms with Crippen LogP contribution in [0.2, 0.25) is 0 Å². The van der Waals surface area contributed by atoms with Gasteiger partial charge in [-0.15, -0.1) is 0 Å². The Morgan fingerprint density at radius 3 is 2.04 bits per heavy atom. The lowest BCUT2D eigenvalue weighted by molar-refractivity contribution is -0.127. The highest BCUT2D eigenvalue weighted by Gasteiger charge is 2.22. The van der Waals surface area contributed by atoms with Crippen LogP contribution >= 0.6 is 7.82 Å². The number of carbonyl (C=O) groups excluding carboxylic acids is 2. The Balaban J connectivity index is 0. The number of aromatic nitrogens is 1. The first kappa shape index (κ1) is 24.5. The van der Waals surface area contributed by atoms with E-state index in [1.807, 2.05) is 0 Å². The second-order valence-corrected chi connectivity index (χ2v) is 5.01. The molecule has 0 spiro atoms. The molecule has 0 aromatic carbocycles. The van der Waals surface area contributed by atoms with E-state index >= 15 is 0 Å². The first-order chi connectivity index (χ1) is 10.9. The predicted octanol–water partition coefficient (Wildman–Crippen LogP) is -3.49. The monoisotopic (exact) mass is 370 g/mol. The van der Waals surface area contributed by atoms with Gasteiger partial charge >= 0.3 is 7.82 Å². The van der Waals surface area contributed by atoms with Gasteiger partial charge in [0.15, 0.2) is 6.29 Å². The molecule has 1 rings (SSSR count). The minimum absolute atomic E-state index is 0.0869. The molecule has 9 N–H and O–H groups in total. The standard InChI is InChI=1S/C6H6N2O.C5H10O5.H3O4P/c7-6(9)5-2-1-3-8-4-5;6-1-3(8)5(10)4(9)2-7;1-5(2,3)4/h1-4H,(H2,7,9);1,3-5,7-10H,2H2;(H3,1,2,3,4). The van der Waals surface area contributed by atoms with Crippen molar-refractivity contribution in [2.75, 3.05) is 6.61 Å². The molecule has 0 radical (unpaired) electrons. The summed E-state index contributed by atoms with van der Waals surface area (Å²) in [6.07, 6.45) is -1.61. The van der Waals surface area contributed by atoms with Gasteiger partial charge in [-0.25, -0.2) is 4.57 Å². The molecule has 138 valence electrons. The molecule has 0 aliphatic rings. The first-order valence-corrected chi connectivity index (χ1v) is 7.59. The number of hydrogen-bond acceptors (Lipinski definition) is 8. The fourth-order valence-corrected chi connectivity index (χ4v) is 0.925. The molecule has 1 aromatic heterocycles. The smallest absolute Gasteiger partial charge is 0.394 e. The average molecular weight is 370 g/mol. The maximum Gasteiger partial charge on any atom is 0.466 e. The molecule has 0 fully saturated rings. The van der Waals surface area contributed by atoms with Crippen molar-refractivity contribution >= 4 is 20.0 Å². The van der Waals surface area contributed by atoms with Crippen LogP contribution < -0.4 is 5.73 Å². The van der Waals surface area contributed by atoms with Crippen LogP contribution in [0.25, 0.3) is 0 Å². The largest absolute Gasteiger partial charge is 0.466 e. The number of aldehydes is 1. The Hall–Kier alpha value is -1.76. The minimum atomic E-state index is -4.64. The number of nitrogens with two attached hydrogens (primary N) is 1. The Morgan fingerprint density at radius 2 is 1.79 bits per heavy atom. The van der Waals surface area contributed by atoms with Gasteiger partial charge in [-0.1, -0.05) is 0 Å². The molecule has 0 saturated heterocycles. The van der Waals surface area contributed by atoms with Gasteiger partial charge in [-0.2, -0.15) is 0 Å². The third kappa shape index (κ3) is 15.1. The van der Waals surface area contributed by atoms with Crippen LogP contribution in [0.5, 0.6) is 0 Å². The molecule has 13 heteroatoms. The topological polar surface area (TPSA) is 232 Å². The average Bonchev–Trinajstić information content (AvgIpc) is 2.52. The zero-order chi connectivity index (χ0) is 19.3. The SMILES string of the molecule is NC(=O)c1cccnc1.O=CC(O)C(O)C(O)CO.O=P(O)(O)O. The second kappa shape index (κ2) is 12.6. The first-order valence-electron chi connectivity index (χ1n) is 6.02. The summed E-state index contributed by atoms with van der Waals surface area (Å²) in [6, 6.07) is 3.29. The summed E-state index contributed by atoms with van der Waals surface area (Å²) in [5, 5.41) is 34.1. The van der Waals surface area contributed by atoms with Crippen LogP contribution in [-0.4, -0.2) is 77.2 Å². The van der Waals surface area contributed by atoms with Gasteiger partial charge in [0, 0.05) is 12.4 Å². The van der Waals surface area contributed by atoms with Gasteiger partial charge in [0.05, 0.1) is 12.2 Å². The van der Waals surface area contributed by atoms with Crippen molar-refractivity contribution < 1.29 is 49.3 Å². The molecule has 3 atom stereocenters. The van der Waals surface area contributed by atoms with Crippen molar-refractivity contribution in [3.05, 3.63) is 30.1 Å². The Kier molecular flexibility index (Phi) is 12.9. The van der Waals surface area contributed by atoms with E-state index in [2.05, 4.69) is 4.98 Å². The second-order valence-electron chi connectivity index (χ2n) is 3.99. The molecule has 3 unspecified atom stereocenters. The van der Waals surface area contributed by atoms with Gasteiger partial charge in [-0.3, -0.25) is 9.78 Å². The van der Waals surface area contributed by atoms with Gasteiger partial charge in [0.25, 0.3) is 0 Å². The Labute approximate surface area is 136 Å². The summed E-state index contributed by atoms with van der Waals surface area (Å²) in [5.41, 5.74) is 5.38. The third-order valence-electron chi connectivity index (χ3n) is 2.02. The third-order valence-corrected chi connectivity index (χ3v) is 2.02. The van der Waals surface area contributed by atoms with Gasteiger partial charge in [0.1, 0.15) is 18.3 Å². The maximum atomic E-state index is 10.4. The molecule has 1 heterocycles. The Morgan fingerprint density at radius 1 is 1.29 bits per heavy atom. The molecule has 0 aliphatic carbocycles. The van der Waals surface area contributed by atoms with Crippen molar-refractivity contribution in [2.45, 2.75) is 18.3 Å². The molecule has 12 nitrogen and oxygen atoms in total. The van der Waals surface area contributed by atoms with E-state index in [0.717, 1.165) is 0 Å². The number of aliphatic hydroxyl groups excluding tert-OH is 4. The van der Waals surface area contributed by atoms with E-state index in [4.69, 9.17) is 45.4 Å². The van der Waals surface area contributed by atoms with Crippen molar-refractivity contribution in [3.63, 3.8) is 0 Å². The lowest BCUT2D eigenvalue weighted by Crippen LogP contribution is -2.40. The van der Waals surface area contributed by atoms with Crippen LogP contribution in [0.1, 0.15) is 10.4 Å². The normalized spacial score (nSPS) is 14.0. The minimum Gasteiger partial charge on any atom is -0.394 e. The molecule has 24 heavy (non-hydrogen) atoms. The van der Waals surface area contributed by atoms with E-state index in [-0.39, 0.29) is 6.29 Å². The fraction of sp³-hybridized carbons (Fsp3) is 0.364. The van der Waals surface area contributed by atoms with Gasteiger partial charge in [0.2, 0.25) is 5.91 Å². The molecule has 0 aliphatic heterocycles. The molecule has 1 amide bonds. The number of primary amides is 1. The van der Waals surface area contributed by atoms with E-state index in [9.17, 15) is 9.59 Å². The lowest BCUT2D eigenvalue weighted by atomic mass is 10.1. The summed E-state index contributed by atoms with van der Waals surface area (Å²) >= 11 is 0. The van der Waals surface area contributed by atoms with Gasteiger partial charge in [-0.05, 0) is 12.1 Å². The molecule has 0 saturated carbocycles. The number of hydrogen-bond donors (Lipinski definition) is 8. The van der Waals surface area contributed by atoms with Crippen LogP contribution in [0.4, 0.5) is 0 Å².